The van der Waals surface area contributed by atoms with Crippen LogP contribution in [0.3, 0.4) is 0 Å². The highest BCUT2D eigenvalue weighted by molar-refractivity contribution is 5.94. The third-order valence-electron chi connectivity index (χ3n) is 2.75. The Bertz CT molecular complexity index is 537. The number of carbonyl (C=O) groups is 1. The van der Waals surface area contributed by atoms with Crippen LogP contribution >= 0.6 is 0 Å². The van der Waals surface area contributed by atoms with Crippen LogP contribution in [0.2, 0.25) is 0 Å². The maximum absolute atomic E-state index is 12.1. The second-order valence-corrected chi connectivity index (χ2v) is 4.08. The van der Waals surface area contributed by atoms with Crippen molar-refractivity contribution in [2.45, 2.75) is 19.9 Å². The molecule has 1 amide bonds. The molecule has 0 unspecified atom stereocenters. The molecule has 5 nitrogen and oxygen atoms in total. The van der Waals surface area contributed by atoms with Gasteiger partial charge in [-0.15, -0.1) is 0 Å². The van der Waals surface area contributed by atoms with Gasteiger partial charge in [-0.25, -0.2) is 0 Å². The first-order chi connectivity index (χ1) is 9.22. The van der Waals surface area contributed by atoms with E-state index in [1.165, 1.54) is 0 Å². The van der Waals surface area contributed by atoms with Gasteiger partial charge in [0.25, 0.3) is 0 Å². The highest BCUT2D eigenvalue weighted by atomic mass is 16.5. The van der Waals surface area contributed by atoms with Crippen molar-refractivity contribution < 1.29 is 9.53 Å². The maximum atomic E-state index is 12.1. The van der Waals surface area contributed by atoms with Gasteiger partial charge >= 0.3 is 0 Å². The number of hydrogen-bond acceptors (Lipinski definition) is 3. The molecule has 0 aliphatic rings. The van der Waals surface area contributed by atoms with E-state index < -0.39 is 0 Å². The Labute approximate surface area is 112 Å². The Balaban J connectivity index is 2.10. The van der Waals surface area contributed by atoms with Gasteiger partial charge in [0.15, 0.2) is 0 Å². The molecule has 100 valence electrons. The highest BCUT2D eigenvalue weighted by Gasteiger charge is 2.16. The smallest absolute Gasteiger partial charge is 0.249 e. The lowest BCUT2D eigenvalue weighted by Crippen LogP contribution is -2.24. The number of aromatic nitrogens is 2. The summed E-state index contributed by atoms with van der Waals surface area (Å²) in [5, 5.41) is 6.92. The van der Waals surface area contributed by atoms with Crippen molar-refractivity contribution in [2.75, 3.05) is 11.9 Å². The molecule has 0 radical (unpaired) electrons. The molecule has 0 saturated heterocycles. The number of rotatable bonds is 5. The van der Waals surface area contributed by atoms with Crippen LogP contribution in [-0.4, -0.2) is 22.3 Å². The number of hydrogen-bond donors (Lipinski definition) is 1. The van der Waals surface area contributed by atoms with Crippen LogP contribution in [0.4, 0.5) is 5.69 Å². The lowest BCUT2D eigenvalue weighted by Gasteiger charge is -2.15. The molecule has 0 saturated carbocycles. The van der Waals surface area contributed by atoms with Crippen LogP contribution in [0.1, 0.15) is 19.9 Å². The van der Waals surface area contributed by atoms with E-state index in [-0.39, 0.29) is 11.9 Å². The second-order valence-electron chi connectivity index (χ2n) is 4.08. The summed E-state index contributed by atoms with van der Waals surface area (Å²) in [6.07, 6.45) is 3.41. The molecule has 19 heavy (non-hydrogen) atoms. The average molecular weight is 259 g/mol. The largest absolute Gasteiger partial charge is 0.492 e. The van der Waals surface area contributed by atoms with Gasteiger partial charge in [-0.3, -0.25) is 9.48 Å². The Hall–Kier alpha value is -2.30. The van der Waals surface area contributed by atoms with Crippen LogP contribution in [-0.2, 0) is 4.79 Å². The van der Waals surface area contributed by atoms with Gasteiger partial charge < -0.3 is 10.1 Å². The monoisotopic (exact) mass is 259 g/mol. The zero-order chi connectivity index (χ0) is 13.7. The topological polar surface area (TPSA) is 56.1 Å². The summed E-state index contributed by atoms with van der Waals surface area (Å²) in [5.41, 5.74) is 0.674. The van der Waals surface area contributed by atoms with Crippen LogP contribution in [0, 0.1) is 0 Å². The number of anilines is 1. The van der Waals surface area contributed by atoms with Gasteiger partial charge in [0.05, 0.1) is 12.3 Å². The molecule has 1 aromatic heterocycles. The number of nitrogens with one attached hydrogen (secondary N) is 1. The normalized spacial score (nSPS) is 11.9. The molecular formula is C14H17N3O2. The van der Waals surface area contributed by atoms with Gasteiger partial charge in [0, 0.05) is 12.4 Å². The molecule has 5 heteroatoms. The number of carbonyl (C=O) groups excluding carboxylic acids is 1. The summed E-state index contributed by atoms with van der Waals surface area (Å²) in [5.74, 6) is 0.543. The predicted octanol–water partition coefficient (Wildman–Crippen LogP) is 2.48. The SMILES string of the molecule is CCOc1ccccc1NC(=O)[C@@H](C)n1cccn1. The minimum atomic E-state index is -0.371. The Morgan fingerprint density at radius 3 is 2.89 bits per heavy atom. The third-order valence-corrected chi connectivity index (χ3v) is 2.75. The van der Waals surface area contributed by atoms with Crippen molar-refractivity contribution >= 4 is 11.6 Å². The number of para-hydroxylation sites is 2. The van der Waals surface area contributed by atoms with Crippen molar-refractivity contribution in [3.63, 3.8) is 0 Å². The van der Waals surface area contributed by atoms with E-state index in [0.717, 1.165) is 0 Å². The second kappa shape index (κ2) is 6.04. The van der Waals surface area contributed by atoms with Crippen molar-refractivity contribution in [3.8, 4) is 5.75 Å². The fraction of sp³-hybridized carbons (Fsp3) is 0.286. The summed E-state index contributed by atoms with van der Waals surface area (Å²) in [6.45, 7) is 4.26. The van der Waals surface area contributed by atoms with Crippen molar-refractivity contribution in [1.82, 2.24) is 9.78 Å². The van der Waals surface area contributed by atoms with Crippen LogP contribution in [0.5, 0.6) is 5.75 Å². The summed E-state index contributed by atoms with van der Waals surface area (Å²) in [6, 6.07) is 8.80. The Morgan fingerprint density at radius 2 is 2.21 bits per heavy atom. The molecule has 1 N–H and O–H groups in total. The first kappa shape index (κ1) is 13.1. The van der Waals surface area contributed by atoms with E-state index in [1.54, 1.807) is 30.1 Å². The van der Waals surface area contributed by atoms with Crippen molar-refractivity contribution in [1.29, 1.82) is 0 Å². The summed E-state index contributed by atoms with van der Waals surface area (Å²) in [7, 11) is 0. The molecule has 0 aliphatic heterocycles. The minimum Gasteiger partial charge on any atom is -0.492 e. The molecule has 1 aromatic carbocycles. The molecule has 0 spiro atoms. The van der Waals surface area contributed by atoms with E-state index in [1.807, 2.05) is 31.2 Å². The van der Waals surface area contributed by atoms with Crippen LogP contribution in [0.25, 0.3) is 0 Å². The van der Waals surface area contributed by atoms with Gasteiger partial charge in [-0.2, -0.15) is 5.10 Å². The number of ether oxygens (including phenoxy) is 1. The molecule has 1 heterocycles. The zero-order valence-electron chi connectivity index (χ0n) is 11.0. The Morgan fingerprint density at radius 1 is 1.42 bits per heavy atom. The average Bonchev–Trinajstić information content (AvgIpc) is 2.94. The lowest BCUT2D eigenvalue weighted by atomic mass is 10.2. The van der Waals surface area contributed by atoms with Crippen molar-refractivity contribution in [2.24, 2.45) is 0 Å². The lowest BCUT2D eigenvalue weighted by molar-refractivity contribution is -0.119. The standard InChI is InChI=1S/C14H17N3O2/c1-3-19-13-8-5-4-7-12(13)16-14(18)11(2)17-10-6-9-15-17/h4-11H,3H2,1-2H3,(H,16,18)/t11-/m1/s1. The van der Waals surface area contributed by atoms with E-state index in [4.69, 9.17) is 4.74 Å². The fourth-order valence-corrected chi connectivity index (χ4v) is 1.72. The van der Waals surface area contributed by atoms with E-state index in [0.29, 0.717) is 18.0 Å². The quantitative estimate of drug-likeness (QED) is 0.897. The molecule has 1 atom stereocenters. The number of amides is 1. The molecule has 0 bridgehead atoms. The summed E-state index contributed by atoms with van der Waals surface area (Å²) in [4.78, 5) is 12.1. The predicted molar refractivity (Wildman–Crippen MR) is 73.2 cm³/mol. The zero-order valence-corrected chi connectivity index (χ0v) is 11.0. The van der Waals surface area contributed by atoms with E-state index in [2.05, 4.69) is 10.4 Å². The Kier molecular flexibility index (Phi) is 4.18. The molecule has 2 rings (SSSR count). The third kappa shape index (κ3) is 3.13. The summed E-state index contributed by atoms with van der Waals surface area (Å²) < 4.78 is 7.08. The van der Waals surface area contributed by atoms with Crippen LogP contribution < -0.4 is 10.1 Å². The van der Waals surface area contributed by atoms with Gasteiger partial charge in [-0.05, 0) is 32.0 Å². The first-order valence-electron chi connectivity index (χ1n) is 6.24. The molecular weight excluding hydrogens is 242 g/mol. The number of nitrogens with zero attached hydrogens (tertiary/aromatic N) is 2. The van der Waals surface area contributed by atoms with Crippen LogP contribution in [0.15, 0.2) is 42.7 Å². The minimum absolute atomic E-state index is 0.129. The summed E-state index contributed by atoms with van der Waals surface area (Å²) >= 11 is 0. The van der Waals surface area contributed by atoms with Gasteiger partial charge in [0.1, 0.15) is 11.8 Å². The van der Waals surface area contributed by atoms with Gasteiger partial charge in [0.2, 0.25) is 5.91 Å². The van der Waals surface area contributed by atoms with Crippen molar-refractivity contribution in [3.05, 3.63) is 42.7 Å². The molecule has 0 aliphatic carbocycles. The van der Waals surface area contributed by atoms with Gasteiger partial charge in [-0.1, -0.05) is 12.1 Å². The highest BCUT2D eigenvalue weighted by Crippen LogP contribution is 2.24. The molecule has 0 fully saturated rings. The fourth-order valence-electron chi connectivity index (χ4n) is 1.72. The molecule has 2 aromatic rings. The van der Waals surface area contributed by atoms with E-state index >= 15 is 0 Å². The van der Waals surface area contributed by atoms with E-state index in [9.17, 15) is 4.79 Å². The maximum Gasteiger partial charge on any atom is 0.249 e. The number of benzene rings is 1. The first-order valence-corrected chi connectivity index (χ1v) is 6.24.